The molecular formula is C18H27NO5. The molecule has 2 rings (SSSR count). The molecule has 0 aromatic carbocycles. The van der Waals surface area contributed by atoms with Crippen molar-refractivity contribution in [3.8, 4) is 0 Å². The summed E-state index contributed by atoms with van der Waals surface area (Å²) >= 11 is 0. The number of nitrogens with one attached hydrogen (secondary N) is 1. The number of allylic oxidation sites excluding steroid dienone is 1. The zero-order chi connectivity index (χ0) is 18.0. The summed E-state index contributed by atoms with van der Waals surface area (Å²) in [5.74, 6) is -1.75. The van der Waals surface area contributed by atoms with Crippen LogP contribution in [-0.2, 0) is 19.1 Å². The van der Waals surface area contributed by atoms with Crippen LogP contribution in [0.5, 0.6) is 0 Å². The Kier molecular flexibility index (Phi) is 5.67. The summed E-state index contributed by atoms with van der Waals surface area (Å²) in [5.41, 5.74) is 0.571. The molecule has 6 nitrogen and oxygen atoms in total. The average molecular weight is 337 g/mol. The van der Waals surface area contributed by atoms with Gasteiger partial charge < -0.3 is 15.2 Å². The average Bonchev–Trinajstić information content (AvgIpc) is 2.74. The molecule has 2 N–H and O–H groups in total. The Morgan fingerprint density at radius 2 is 2.00 bits per heavy atom. The molecule has 1 saturated carbocycles. The van der Waals surface area contributed by atoms with Gasteiger partial charge in [-0.3, -0.25) is 9.59 Å². The van der Waals surface area contributed by atoms with Crippen molar-refractivity contribution in [2.45, 2.75) is 59.5 Å². The number of hydrogen-bond acceptors (Lipinski definition) is 4. The lowest BCUT2D eigenvalue weighted by molar-refractivity contribution is -0.151. The lowest BCUT2D eigenvalue weighted by Crippen LogP contribution is -2.35. The number of carboxylic acids is 1. The summed E-state index contributed by atoms with van der Waals surface area (Å²) in [5, 5.41) is 11.5. The molecule has 0 aromatic heterocycles. The standard InChI is InChI=1S/C18H27NO5/c1-9(2)12-6-5-10(3)14(7-12)24-18(23)16-11(4)19-17(22)13(16)8-15(20)21/h9-10,12-14H,5-8H2,1-4H3,(H,19,22)(H,20,21). The number of aliphatic carboxylic acids is 1. The molecule has 0 aromatic rings. The summed E-state index contributed by atoms with van der Waals surface area (Å²) in [7, 11) is 0. The molecule has 2 aliphatic rings. The molecule has 1 heterocycles. The van der Waals surface area contributed by atoms with Crippen molar-refractivity contribution in [3.63, 3.8) is 0 Å². The van der Waals surface area contributed by atoms with Gasteiger partial charge in [0.2, 0.25) is 5.91 Å². The predicted octanol–water partition coefficient (Wildman–Crippen LogP) is 2.49. The van der Waals surface area contributed by atoms with Gasteiger partial charge in [0.25, 0.3) is 0 Å². The molecule has 1 aliphatic heterocycles. The molecule has 24 heavy (non-hydrogen) atoms. The summed E-state index contributed by atoms with van der Waals surface area (Å²) < 4.78 is 5.72. The second kappa shape index (κ2) is 7.36. The van der Waals surface area contributed by atoms with E-state index in [4.69, 9.17) is 9.84 Å². The van der Waals surface area contributed by atoms with E-state index in [1.165, 1.54) is 0 Å². The Bertz CT molecular complexity index is 566. The Hall–Kier alpha value is -1.85. The van der Waals surface area contributed by atoms with Gasteiger partial charge in [-0.05, 0) is 43.9 Å². The number of rotatable bonds is 5. The minimum Gasteiger partial charge on any atom is -0.481 e. The molecular weight excluding hydrogens is 310 g/mol. The van der Waals surface area contributed by atoms with Crippen molar-refractivity contribution in [2.75, 3.05) is 0 Å². The molecule has 0 saturated heterocycles. The molecule has 6 heteroatoms. The summed E-state index contributed by atoms with van der Waals surface area (Å²) in [6, 6.07) is 0. The number of carbonyl (C=O) groups excluding carboxylic acids is 2. The number of esters is 1. The van der Waals surface area contributed by atoms with E-state index < -0.39 is 30.2 Å². The van der Waals surface area contributed by atoms with Crippen molar-refractivity contribution >= 4 is 17.8 Å². The Morgan fingerprint density at radius 3 is 2.58 bits per heavy atom. The molecule has 1 amide bonds. The van der Waals surface area contributed by atoms with E-state index in [2.05, 4.69) is 26.1 Å². The quantitative estimate of drug-likeness (QED) is 0.752. The number of amides is 1. The molecule has 1 aliphatic carbocycles. The number of carbonyl (C=O) groups is 3. The van der Waals surface area contributed by atoms with E-state index >= 15 is 0 Å². The summed E-state index contributed by atoms with van der Waals surface area (Å²) in [4.78, 5) is 35.5. The van der Waals surface area contributed by atoms with E-state index in [9.17, 15) is 14.4 Å². The van der Waals surface area contributed by atoms with E-state index in [-0.39, 0.29) is 17.6 Å². The van der Waals surface area contributed by atoms with Crippen molar-refractivity contribution in [3.05, 3.63) is 11.3 Å². The first-order chi connectivity index (χ1) is 11.2. The van der Waals surface area contributed by atoms with Gasteiger partial charge in [-0.25, -0.2) is 4.79 Å². The molecule has 0 radical (unpaired) electrons. The van der Waals surface area contributed by atoms with Crippen molar-refractivity contribution < 1.29 is 24.2 Å². The van der Waals surface area contributed by atoms with Crippen molar-refractivity contribution in [2.24, 2.45) is 23.7 Å². The highest BCUT2D eigenvalue weighted by molar-refractivity contribution is 6.03. The van der Waals surface area contributed by atoms with Gasteiger partial charge in [-0.15, -0.1) is 0 Å². The highest BCUT2D eigenvalue weighted by atomic mass is 16.5. The molecule has 0 spiro atoms. The fourth-order valence-corrected chi connectivity index (χ4v) is 3.68. The van der Waals surface area contributed by atoms with Crippen LogP contribution < -0.4 is 5.32 Å². The van der Waals surface area contributed by atoms with Crippen LogP contribution in [0.25, 0.3) is 0 Å². The minimum absolute atomic E-state index is 0.168. The van der Waals surface area contributed by atoms with Crippen LogP contribution in [0, 0.1) is 23.7 Å². The maximum atomic E-state index is 12.6. The van der Waals surface area contributed by atoms with Crippen LogP contribution in [0.4, 0.5) is 0 Å². The van der Waals surface area contributed by atoms with E-state index in [0.29, 0.717) is 17.5 Å². The zero-order valence-corrected chi connectivity index (χ0v) is 14.8. The minimum atomic E-state index is -1.11. The molecule has 134 valence electrons. The van der Waals surface area contributed by atoms with Crippen LogP contribution >= 0.6 is 0 Å². The fraction of sp³-hybridized carbons (Fsp3) is 0.722. The maximum absolute atomic E-state index is 12.6. The summed E-state index contributed by atoms with van der Waals surface area (Å²) in [6.07, 6.45) is 2.38. The lowest BCUT2D eigenvalue weighted by Gasteiger charge is -2.35. The smallest absolute Gasteiger partial charge is 0.336 e. The first-order valence-corrected chi connectivity index (χ1v) is 8.65. The van der Waals surface area contributed by atoms with Gasteiger partial charge in [0, 0.05) is 5.70 Å². The third-order valence-corrected chi connectivity index (χ3v) is 5.34. The van der Waals surface area contributed by atoms with Crippen LogP contribution in [-0.4, -0.2) is 29.1 Å². The summed E-state index contributed by atoms with van der Waals surface area (Å²) in [6.45, 7) is 8.03. The van der Waals surface area contributed by atoms with E-state index in [0.717, 1.165) is 19.3 Å². The van der Waals surface area contributed by atoms with Gasteiger partial charge in [0.05, 0.1) is 17.9 Å². The van der Waals surface area contributed by atoms with E-state index in [1.807, 2.05) is 0 Å². The predicted molar refractivity (Wildman–Crippen MR) is 87.8 cm³/mol. The van der Waals surface area contributed by atoms with Gasteiger partial charge in [-0.2, -0.15) is 0 Å². The van der Waals surface area contributed by atoms with Crippen LogP contribution in [0.3, 0.4) is 0 Å². The van der Waals surface area contributed by atoms with Crippen LogP contribution in [0.1, 0.15) is 53.4 Å². The normalized spacial score (nSPS) is 30.5. The highest BCUT2D eigenvalue weighted by Crippen LogP contribution is 2.36. The van der Waals surface area contributed by atoms with Gasteiger partial charge in [-0.1, -0.05) is 20.8 Å². The third kappa shape index (κ3) is 3.97. The molecule has 1 fully saturated rings. The van der Waals surface area contributed by atoms with Crippen molar-refractivity contribution in [1.82, 2.24) is 5.32 Å². The van der Waals surface area contributed by atoms with Gasteiger partial charge >= 0.3 is 11.9 Å². The fourth-order valence-electron chi connectivity index (χ4n) is 3.68. The Labute approximate surface area is 142 Å². The van der Waals surface area contributed by atoms with Crippen molar-refractivity contribution in [1.29, 1.82) is 0 Å². The SMILES string of the molecule is CC1=C(C(=O)OC2CC(C(C)C)CCC2C)C(CC(=O)O)C(=O)N1. The Morgan fingerprint density at radius 1 is 1.33 bits per heavy atom. The molecule has 4 unspecified atom stereocenters. The van der Waals surface area contributed by atoms with Crippen LogP contribution in [0.2, 0.25) is 0 Å². The first-order valence-electron chi connectivity index (χ1n) is 8.65. The number of ether oxygens (including phenoxy) is 1. The van der Waals surface area contributed by atoms with Crippen LogP contribution in [0.15, 0.2) is 11.3 Å². The second-order valence-corrected chi connectivity index (χ2v) is 7.42. The highest BCUT2D eigenvalue weighted by Gasteiger charge is 2.40. The van der Waals surface area contributed by atoms with Gasteiger partial charge in [0.1, 0.15) is 6.10 Å². The van der Waals surface area contributed by atoms with Gasteiger partial charge in [0.15, 0.2) is 0 Å². The number of carboxylic acid groups (broad SMARTS) is 1. The lowest BCUT2D eigenvalue weighted by atomic mass is 9.76. The second-order valence-electron chi connectivity index (χ2n) is 7.42. The van der Waals surface area contributed by atoms with E-state index in [1.54, 1.807) is 6.92 Å². The Balaban J connectivity index is 2.11. The monoisotopic (exact) mass is 337 g/mol. The zero-order valence-electron chi connectivity index (χ0n) is 14.8. The number of hydrogen-bond donors (Lipinski definition) is 2. The molecule has 0 bridgehead atoms. The molecule has 4 atom stereocenters. The first kappa shape index (κ1) is 18.5. The third-order valence-electron chi connectivity index (χ3n) is 5.34. The maximum Gasteiger partial charge on any atom is 0.336 e. The largest absolute Gasteiger partial charge is 0.481 e. The topological polar surface area (TPSA) is 92.7 Å².